The van der Waals surface area contributed by atoms with E-state index in [-0.39, 0.29) is 30.8 Å². The molecule has 2 aromatic rings. The molecule has 2 heterocycles. The highest BCUT2D eigenvalue weighted by molar-refractivity contribution is 7.99. The van der Waals surface area contributed by atoms with Crippen LogP contribution in [-0.2, 0) is 25.6 Å². The summed E-state index contributed by atoms with van der Waals surface area (Å²) < 4.78 is 11.3. The molecule has 9 nitrogen and oxygen atoms in total. The molecule has 0 bridgehead atoms. The number of benzene rings is 1. The largest absolute Gasteiger partial charge is 0.465 e. The zero-order chi connectivity index (χ0) is 20.8. The standard InChI is InChI=1S/C19H22N4O5S/c1-3-27-16(24)11-22-10-14(20-21-22)17(25)23-15(19(26)28-4-2)12-29-18(23)13-8-6-5-7-9-13/h5-10,15,18H,3-4,11-12H2,1-2H3/t15-,18?/m0/s1. The molecule has 0 N–H and O–H groups in total. The summed E-state index contributed by atoms with van der Waals surface area (Å²) in [6, 6.07) is 8.73. The van der Waals surface area contributed by atoms with E-state index >= 15 is 0 Å². The number of ether oxygens (including phenoxy) is 2. The minimum Gasteiger partial charge on any atom is -0.465 e. The monoisotopic (exact) mass is 418 g/mol. The maximum Gasteiger partial charge on any atom is 0.329 e. The maximum atomic E-state index is 13.2. The number of hydrogen-bond acceptors (Lipinski definition) is 8. The Balaban J connectivity index is 1.86. The van der Waals surface area contributed by atoms with E-state index in [0.717, 1.165) is 5.56 Å². The van der Waals surface area contributed by atoms with Gasteiger partial charge in [-0.1, -0.05) is 35.5 Å². The topological polar surface area (TPSA) is 104 Å². The van der Waals surface area contributed by atoms with Gasteiger partial charge in [0.25, 0.3) is 5.91 Å². The summed E-state index contributed by atoms with van der Waals surface area (Å²) in [5.41, 5.74) is 0.948. The van der Waals surface area contributed by atoms with E-state index in [9.17, 15) is 14.4 Å². The number of amides is 1. The fourth-order valence-electron chi connectivity index (χ4n) is 2.99. The molecule has 10 heteroatoms. The molecule has 1 aromatic heterocycles. The number of rotatable bonds is 7. The Morgan fingerprint density at radius 3 is 2.55 bits per heavy atom. The van der Waals surface area contributed by atoms with Crippen molar-refractivity contribution in [1.29, 1.82) is 0 Å². The van der Waals surface area contributed by atoms with Crippen molar-refractivity contribution >= 4 is 29.6 Å². The first kappa shape index (κ1) is 20.8. The van der Waals surface area contributed by atoms with E-state index < -0.39 is 23.9 Å². The van der Waals surface area contributed by atoms with Crippen LogP contribution in [0.2, 0.25) is 0 Å². The smallest absolute Gasteiger partial charge is 0.329 e. The van der Waals surface area contributed by atoms with Crippen molar-refractivity contribution in [3.63, 3.8) is 0 Å². The van der Waals surface area contributed by atoms with Crippen LogP contribution < -0.4 is 0 Å². The number of carbonyl (C=O) groups is 3. The number of aromatic nitrogens is 3. The predicted octanol–water partition coefficient (Wildman–Crippen LogP) is 1.66. The predicted molar refractivity (Wildman–Crippen MR) is 105 cm³/mol. The molecule has 1 saturated heterocycles. The second kappa shape index (κ2) is 9.55. The van der Waals surface area contributed by atoms with Crippen molar-refractivity contribution in [2.24, 2.45) is 0 Å². The Morgan fingerprint density at radius 2 is 1.86 bits per heavy atom. The zero-order valence-corrected chi connectivity index (χ0v) is 17.0. The van der Waals surface area contributed by atoms with Crippen LogP contribution in [0.4, 0.5) is 0 Å². The van der Waals surface area contributed by atoms with Crippen LogP contribution in [0.5, 0.6) is 0 Å². The van der Waals surface area contributed by atoms with E-state index in [1.54, 1.807) is 13.8 Å². The summed E-state index contributed by atoms with van der Waals surface area (Å²) in [7, 11) is 0. The summed E-state index contributed by atoms with van der Waals surface area (Å²) in [6.07, 6.45) is 1.38. The van der Waals surface area contributed by atoms with Gasteiger partial charge in [0.2, 0.25) is 0 Å². The van der Waals surface area contributed by atoms with Crippen LogP contribution in [0.25, 0.3) is 0 Å². The maximum absolute atomic E-state index is 13.2. The van der Waals surface area contributed by atoms with Gasteiger partial charge in [-0.05, 0) is 19.4 Å². The summed E-state index contributed by atoms with van der Waals surface area (Å²) in [5.74, 6) is -0.955. The summed E-state index contributed by atoms with van der Waals surface area (Å²) in [4.78, 5) is 38.8. The zero-order valence-electron chi connectivity index (χ0n) is 16.2. The quantitative estimate of drug-likeness (QED) is 0.626. The molecular weight excluding hydrogens is 396 g/mol. The van der Waals surface area contributed by atoms with Crippen molar-refractivity contribution in [3.8, 4) is 0 Å². The molecule has 1 unspecified atom stereocenters. The van der Waals surface area contributed by atoms with E-state index in [0.29, 0.717) is 5.75 Å². The van der Waals surface area contributed by atoms with Crippen LogP contribution >= 0.6 is 11.8 Å². The molecule has 154 valence electrons. The van der Waals surface area contributed by atoms with Gasteiger partial charge in [0.15, 0.2) is 5.69 Å². The van der Waals surface area contributed by atoms with Crippen LogP contribution in [0, 0.1) is 0 Å². The normalized spacial score (nSPS) is 18.5. The first-order valence-corrected chi connectivity index (χ1v) is 10.3. The van der Waals surface area contributed by atoms with Crippen molar-refractivity contribution in [3.05, 3.63) is 47.8 Å². The Hall–Kier alpha value is -2.88. The van der Waals surface area contributed by atoms with Gasteiger partial charge in [0.05, 0.1) is 19.4 Å². The highest BCUT2D eigenvalue weighted by Crippen LogP contribution is 2.42. The first-order chi connectivity index (χ1) is 14.0. The van der Waals surface area contributed by atoms with E-state index in [2.05, 4.69) is 10.3 Å². The molecule has 0 spiro atoms. The summed E-state index contributed by atoms with van der Waals surface area (Å²) in [6.45, 7) is 3.77. The Kier molecular flexibility index (Phi) is 6.86. The molecule has 0 saturated carbocycles. The number of hydrogen-bond donors (Lipinski definition) is 0. The molecule has 1 aliphatic heterocycles. The number of nitrogens with zero attached hydrogens (tertiary/aromatic N) is 4. The van der Waals surface area contributed by atoms with Crippen molar-refractivity contribution in [1.82, 2.24) is 19.9 Å². The minimum absolute atomic E-state index is 0.0482. The van der Waals surface area contributed by atoms with Crippen LogP contribution in [-0.4, -0.2) is 62.7 Å². The molecule has 1 aliphatic rings. The SMILES string of the molecule is CCOC(=O)Cn1cc(C(=O)N2C(c3ccccc3)SC[C@H]2C(=O)OCC)nn1. The lowest BCUT2D eigenvalue weighted by Gasteiger charge is -2.27. The third-order valence-electron chi connectivity index (χ3n) is 4.23. The molecule has 29 heavy (non-hydrogen) atoms. The van der Waals surface area contributed by atoms with Gasteiger partial charge in [0.1, 0.15) is 18.0 Å². The molecular formula is C19H22N4O5S. The Morgan fingerprint density at radius 1 is 1.14 bits per heavy atom. The molecule has 1 aromatic carbocycles. The van der Waals surface area contributed by atoms with Gasteiger partial charge in [-0.15, -0.1) is 16.9 Å². The number of thioether (sulfide) groups is 1. The Labute approximate surface area is 172 Å². The average molecular weight is 418 g/mol. The lowest BCUT2D eigenvalue weighted by molar-refractivity contribution is -0.147. The van der Waals surface area contributed by atoms with Crippen molar-refractivity contribution in [2.45, 2.75) is 31.8 Å². The molecule has 2 atom stereocenters. The highest BCUT2D eigenvalue weighted by Gasteiger charge is 2.44. The summed E-state index contributed by atoms with van der Waals surface area (Å²) >= 11 is 1.49. The molecule has 3 rings (SSSR count). The Bertz CT molecular complexity index is 872. The van der Waals surface area contributed by atoms with Gasteiger partial charge >= 0.3 is 11.9 Å². The van der Waals surface area contributed by atoms with E-state index in [4.69, 9.17) is 9.47 Å². The third kappa shape index (κ3) is 4.76. The van der Waals surface area contributed by atoms with Gasteiger partial charge in [-0.2, -0.15) is 0 Å². The second-order valence-corrected chi connectivity index (χ2v) is 7.30. The fraction of sp³-hybridized carbons (Fsp3) is 0.421. The fourth-order valence-corrected chi connectivity index (χ4v) is 4.41. The lowest BCUT2D eigenvalue weighted by atomic mass is 10.1. The van der Waals surface area contributed by atoms with Gasteiger partial charge < -0.3 is 14.4 Å². The molecule has 0 radical (unpaired) electrons. The third-order valence-corrected chi connectivity index (χ3v) is 5.56. The van der Waals surface area contributed by atoms with Crippen LogP contribution in [0.1, 0.15) is 35.3 Å². The molecule has 0 aliphatic carbocycles. The van der Waals surface area contributed by atoms with Gasteiger partial charge in [-0.3, -0.25) is 9.59 Å². The first-order valence-electron chi connectivity index (χ1n) is 9.26. The average Bonchev–Trinajstić information content (AvgIpc) is 3.36. The number of carbonyl (C=O) groups excluding carboxylic acids is 3. The van der Waals surface area contributed by atoms with E-state index in [1.807, 2.05) is 30.3 Å². The lowest BCUT2D eigenvalue weighted by Crippen LogP contribution is -2.44. The van der Waals surface area contributed by atoms with Gasteiger partial charge in [0, 0.05) is 5.75 Å². The highest BCUT2D eigenvalue weighted by atomic mass is 32.2. The van der Waals surface area contributed by atoms with Crippen LogP contribution in [0.15, 0.2) is 36.5 Å². The van der Waals surface area contributed by atoms with Crippen molar-refractivity contribution in [2.75, 3.05) is 19.0 Å². The summed E-state index contributed by atoms with van der Waals surface area (Å²) in [5, 5.41) is 7.37. The number of esters is 2. The molecule has 1 amide bonds. The van der Waals surface area contributed by atoms with E-state index in [1.165, 1.54) is 27.5 Å². The van der Waals surface area contributed by atoms with Gasteiger partial charge in [-0.25, -0.2) is 9.48 Å². The minimum atomic E-state index is -0.729. The second-order valence-electron chi connectivity index (χ2n) is 6.18. The molecule has 1 fully saturated rings. The van der Waals surface area contributed by atoms with Crippen molar-refractivity contribution < 1.29 is 23.9 Å². The van der Waals surface area contributed by atoms with Crippen LogP contribution in [0.3, 0.4) is 0 Å².